The molecule has 0 aliphatic heterocycles. The Bertz CT molecular complexity index is 641. The first-order valence-corrected chi connectivity index (χ1v) is 5.41. The van der Waals surface area contributed by atoms with Crippen molar-refractivity contribution in [2.75, 3.05) is 0 Å². The maximum atomic E-state index is 9.46. The number of phenols is 2. The van der Waals surface area contributed by atoms with Crippen molar-refractivity contribution in [2.24, 2.45) is 0 Å². The Kier molecular flexibility index (Phi) is 3.32. The van der Waals surface area contributed by atoms with Crippen molar-refractivity contribution in [2.45, 2.75) is 0 Å². The predicted molar refractivity (Wildman–Crippen MR) is 72.2 cm³/mol. The van der Waals surface area contributed by atoms with Gasteiger partial charge in [-0.2, -0.15) is 0 Å². The van der Waals surface area contributed by atoms with E-state index in [9.17, 15) is 10.2 Å². The third-order valence-electron chi connectivity index (χ3n) is 2.48. The van der Waals surface area contributed by atoms with Crippen LogP contribution in [0.4, 0.5) is 0 Å². The summed E-state index contributed by atoms with van der Waals surface area (Å²) in [5.41, 5.74) is 0.682. The Morgan fingerprint density at radius 2 is 1.21 bits per heavy atom. The van der Waals surface area contributed by atoms with E-state index in [2.05, 4.69) is 11.8 Å². The molecule has 3 heteroatoms. The van der Waals surface area contributed by atoms with Gasteiger partial charge in [0.2, 0.25) is 0 Å². The molecule has 2 aromatic carbocycles. The first-order valence-electron chi connectivity index (χ1n) is 5.41. The largest absolute Gasteiger partial charge is 0.507 e. The molecule has 92 valence electrons. The van der Waals surface area contributed by atoms with Crippen LogP contribution in [0.2, 0.25) is 0 Å². The molecule has 0 amide bonds. The van der Waals surface area contributed by atoms with Gasteiger partial charge in [0.15, 0.2) is 0 Å². The second-order valence-corrected chi connectivity index (χ2v) is 3.75. The molecule has 0 radical (unpaired) electrons. The zero-order valence-electron chi connectivity index (χ0n) is 9.92. The summed E-state index contributed by atoms with van der Waals surface area (Å²) >= 11 is 0. The van der Waals surface area contributed by atoms with Gasteiger partial charge in [-0.3, -0.25) is 0 Å². The number of rotatable bonds is 2. The summed E-state index contributed by atoms with van der Waals surface area (Å²) in [6, 6.07) is 9.15. The lowest BCUT2D eigenvalue weighted by molar-refractivity contribution is 0.457. The van der Waals surface area contributed by atoms with Gasteiger partial charge >= 0.3 is 0 Å². The molecule has 3 nitrogen and oxygen atoms in total. The molecule has 0 unspecified atom stereocenters. The molecule has 0 heterocycles. The number of terminal acetylenes is 2. The minimum Gasteiger partial charge on any atom is -0.507 e. The molecular weight excluding hydrogens is 240 g/mol. The SMILES string of the molecule is C#Cc1cc(Oc2ccc(O)c(C#C)c2)ccc1O. The smallest absolute Gasteiger partial charge is 0.131 e. The van der Waals surface area contributed by atoms with Crippen molar-refractivity contribution in [3.05, 3.63) is 47.5 Å². The quantitative estimate of drug-likeness (QED) is 0.806. The lowest BCUT2D eigenvalue weighted by Gasteiger charge is -2.08. The van der Waals surface area contributed by atoms with E-state index in [1.54, 1.807) is 12.1 Å². The fourth-order valence-electron chi connectivity index (χ4n) is 1.52. The average molecular weight is 250 g/mol. The van der Waals surface area contributed by atoms with Gasteiger partial charge in [-0.25, -0.2) is 0 Å². The molecule has 0 saturated carbocycles. The molecule has 2 aromatic rings. The topological polar surface area (TPSA) is 49.7 Å². The lowest BCUT2D eigenvalue weighted by atomic mass is 10.2. The number of ether oxygens (including phenoxy) is 1. The molecule has 0 aromatic heterocycles. The van der Waals surface area contributed by atoms with Crippen molar-refractivity contribution in [3.63, 3.8) is 0 Å². The summed E-state index contributed by atoms with van der Waals surface area (Å²) in [6.45, 7) is 0. The molecule has 19 heavy (non-hydrogen) atoms. The minimum absolute atomic E-state index is 0.0184. The zero-order chi connectivity index (χ0) is 13.8. The fourth-order valence-corrected chi connectivity index (χ4v) is 1.52. The van der Waals surface area contributed by atoms with E-state index in [1.165, 1.54) is 24.3 Å². The molecule has 0 aliphatic rings. The molecule has 0 atom stereocenters. The number of aromatic hydroxyl groups is 2. The average Bonchev–Trinajstić information content (AvgIpc) is 2.43. The van der Waals surface area contributed by atoms with Crippen molar-refractivity contribution >= 4 is 0 Å². The first-order chi connectivity index (χ1) is 9.13. The van der Waals surface area contributed by atoms with Crippen LogP contribution in [0.1, 0.15) is 11.1 Å². The highest BCUT2D eigenvalue weighted by molar-refractivity contribution is 5.51. The van der Waals surface area contributed by atoms with Gasteiger partial charge in [0.1, 0.15) is 23.0 Å². The second-order valence-electron chi connectivity index (χ2n) is 3.75. The summed E-state index contributed by atoms with van der Waals surface area (Å²) in [4.78, 5) is 0. The maximum absolute atomic E-state index is 9.46. The van der Waals surface area contributed by atoms with Crippen LogP contribution in [-0.4, -0.2) is 10.2 Å². The predicted octanol–water partition coefficient (Wildman–Crippen LogP) is 2.85. The number of hydrogen-bond acceptors (Lipinski definition) is 3. The van der Waals surface area contributed by atoms with Crippen LogP contribution in [0.15, 0.2) is 36.4 Å². The number of phenolic OH excluding ortho intramolecular Hbond substituents is 2. The van der Waals surface area contributed by atoms with E-state index in [0.29, 0.717) is 22.6 Å². The first kappa shape index (κ1) is 12.4. The summed E-state index contributed by atoms with van der Waals surface area (Å²) in [7, 11) is 0. The van der Waals surface area contributed by atoms with Gasteiger partial charge in [-0.05, 0) is 24.3 Å². The molecule has 0 fully saturated rings. The van der Waals surface area contributed by atoms with E-state index in [4.69, 9.17) is 17.6 Å². The van der Waals surface area contributed by atoms with Gasteiger partial charge in [-0.1, -0.05) is 11.8 Å². The molecule has 0 saturated heterocycles. The van der Waals surface area contributed by atoms with Crippen LogP contribution < -0.4 is 4.74 Å². The van der Waals surface area contributed by atoms with Crippen LogP contribution in [-0.2, 0) is 0 Å². The standard InChI is InChI=1S/C16H10O3/c1-3-11-9-13(5-7-15(11)17)19-14-6-8-16(18)12(4-2)10-14/h1-2,5-10,17-18H. The van der Waals surface area contributed by atoms with Gasteiger partial charge in [0, 0.05) is 12.1 Å². The van der Waals surface area contributed by atoms with Gasteiger partial charge < -0.3 is 14.9 Å². The van der Waals surface area contributed by atoms with Crippen LogP contribution in [0.3, 0.4) is 0 Å². The van der Waals surface area contributed by atoms with E-state index >= 15 is 0 Å². The maximum Gasteiger partial charge on any atom is 0.131 e. The van der Waals surface area contributed by atoms with Gasteiger partial charge in [0.05, 0.1) is 11.1 Å². The third-order valence-corrected chi connectivity index (χ3v) is 2.48. The lowest BCUT2D eigenvalue weighted by Crippen LogP contribution is -1.87. The van der Waals surface area contributed by atoms with Crippen LogP contribution in [0, 0.1) is 24.7 Å². The van der Waals surface area contributed by atoms with E-state index in [1.807, 2.05) is 0 Å². The Morgan fingerprint density at radius 3 is 1.58 bits per heavy atom. The van der Waals surface area contributed by atoms with Crippen LogP contribution >= 0.6 is 0 Å². The minimum atomic E-state index is 0.0184. The molecule has 0 spiro atoms. The third kappa shape index (κ3) is 2.62. The van der Waals surface area contributed by atoms with Crippen molar-refractivity contribution in [3.8, 4) is 47.7 Å². The Hall–Kier alpha value is -3.04. The highest BCUT2D eigenvalue weighted by atomic mass is 16.5. The monoisotopic (exact) mass is 250 g/mol. The molecule has 2 rings (SSSR count). The second kappa shape index (κ2) is 5.08. The Balaban J connectivity index is 2.32. The number of hydrogen-bond donors (Lipinski definition) is 2. The Labute approximate surface area is 111 Å². The van der Waals surface area contributed by atoms with E-state index < -0.39 is 0 Å². The van der Waals surface area contributed by atoms with E-state index in [0.717, 1.165) is 0 Å². The molecule has 2 N–H and O–H groups in total. The number of benzene rings is 2. The summed E-state index contributed by atoms with van der Waals surface area (Å²) in [6.07, 6.45) is 10.5. The van der Waals surface area contributed by atoms with Crippen LogP contribution in [0.25, 0.3) is 0 Å². The summed E-state index contributed by atoms with van der Waals surface area (Å²) in [5, 5.41) is 18.9. The van der Waals surface area contributed by atoms with Gasteiger partial charge in [0.25, 0.3) is 0 Å². The van der Waals surface area contributed by atoms with E-state index in [-0.39, 0.29) is 11.5 Å². The van der Waals surface area contributed by atoms with Gasteiger partial charge in [-0.15, -0.1) is 12.8 Å². The van der Waals surface area contributed by atoms with Crippen molar-refractivity contribution < 1.29 is 14.9 Å². The zero-order valence-corrected chi connectivity index (χ0v) is 9.92. The van der Waals surface area contributed by atoms with Crippen LogP contribution in [0.5, 0.6) is 23.0 Å². The summed E-state index contributed by atoms with van der Waals surface area (Å²) in [5.74, 6) is 5.68. The van der Waals surface area contributed by atoms with Crippen molar-refractivity contribution in [1.29, 1.82) is 0 Å². The fraction of sp³-hybridized carbons (Fsp3) is 0. The molecule has 0 bridgehead atoms. The van der Waals surface area contributed by atoms with Crippen molar-refractivity contribution in [1.82, 2.24) is 0 Å². The Morgan fingerprint density at radius 1 is 0.789 bits per heavy atom. The normalized spacial score (nSPS) is 9.37. The molecule has 0 aliphatic carbocycles. The highest BCUT2D eigenvalue weighted by Gasteiger charge is 2.05. The molecular formula is C16H10O3. The highest BCUT2D eigenvalue weighted by Crippen LogP contribution is 2.29. The summed E-state index contributed by atoms with van der Waals surface area (Å²) < 4.78 is 5.56.